The van der Waals surface area contributed by atoms with Gasteiger partial charge in [0.15, 0.2) is 0 Å². The lowest BCUT2D eigenvalue weighted by atomic mass is 10.1. The maximum absolute atomic E-state index is 12.6. The van der Waals surface area contributed by atoms with Gasteiger partial charge in [0, 0.05) is 30.5 Å². The number of amides is 1. The Labute approximate surface area is 188 Å². The quantitative estimate of drug-likeness (QED) is 0.514. The molecule has 0 aliphatic carbocycles. The smallest absolute Gasteiger partial charge is 0.242 e. The normalized spacial score (nSPS) is 12.5. The van der Waals surface area contributed by atoms with Crippen LogP contribution >= 0.6 is 0 Å². The highest BCUT2D eigenvalue weighted by atomic mass is 32.2. The van der Waals surface area contributed by atoms with Crippen LogP contribution in [0.3, 0.4) is 0 Å². The molecule has 0 saturated heterocycles. The molecule has 1 atom stereocenters. The average molecular weight is 457 g/mol. The van der Waals surface area contributed by atoms with E-state index in [1.165, 1.54) is 26.2 Å². The Morgan fingerprint density at radius 2 is 1.84 bits per heavy atom. The van der Waals surface area contributed by atoms with E-state index in [1.54, 1.807) is 24.4 Å². The summed E-state index contributed by atoms with van der Waals surface area (Å²) >= 11 is 0. The van der Waals surface area contributed by atoms with Gasteiger partial charge in [0.05, 0.1) is 18.0 Å². The number of carbonyl (C=O) groups is 1. The van der Waals surface area contributed by atoms with E-state index in [2.05, 4.69) is 33.4 Å². The van der Waals surface area contributed by atoms with Crippen LogP contribution in [-0.2, 0) is 21.4 Å². The largest absolute Gasteiger partial charge is 0.497 e. The summed E-state index contributed by atoms with van der Waals surface area (Å²) in [6.45, 7) is 6.30. The summed E-state index contributed by atoms with van der Waals surface area (Å²) in [6.07, 6.45) is 3.70. The summed E-state index contributed by atoms with van der Waals surface area (Å²) < 4.78 is 34.7. The van der Waals surface area contributed by atoms with Crippen molar-refractivity contribution in [1.82, 2.24) is 14.3 Å². The van der Waals surface area contributed by atoms with Crippen molar-refractivity contribution < 1.29 is 17.9 Å². The second-order valence-electron chi connectivity index (χ2n) is 7.78. The number of imidazole rings is 1. The van der Waals surface area contributed by atoms with Gasteiger partial charge in [0.2, 0.25) is 15.9 Å². The molecule has 0 radical (unpaired) electrons. The number of hydrogen-bond acceptors (Lipinski definition) is 5. The van der Waals surface area contributed by atoms with Crippen molar-refractivity contribution in [2.24, 2.45) is 0 Å². The molecule has 3 aromatic rings. The number of sulfonamides is 1. The van der Waals surface area contributed by atoms with Crippen molar-refractivity contribution in [1.29, 1.82) is 0 Å². The number of aromatic nitrogens is 2. The molecule has 8 nitrogen and oxygen atoms in total. The summed E-state index contributed by atoms with van der Waals surface area (Å²) in [5.41, 5.74) is 1.59. The number of carbonyl (C=O) groups excluding carboxylic acids is 1. The summed E-state index contributed by atoms with van der Waals surface area (Å²) in [5.74, 6) is 1.38. The summed E-state index contributed by atoms with van der Waals surface area (Å²) in [6, 6.07) is 12.4. The van der Waals surface area contributed by atoms with Crippen LogP contribution < -0.4 is 14.8 Å². The molecule has 3 rings (SSSR count). The Morgan fingerprint density at radius 1 is 1.12 bits per heavy atom. The maximum atomic E-state index is 12.6. The predicted molar refractivity (Wildman–Crippen MR) is 123 cm³/mol. The predicted octanol–water partition coefficient (Wildman–Crippen LogP) is 3.37. The van der Waals surface area contributed by atoms with E-state index in [0.29, 0.717) is 23.9 Å². The van der Waals surface area contributed by atoms with Crippen molar-refractivity contribution in [3.63, 3.8) is 0 Å². The van der Waals surface area contributed by atoms with Gasteiger partial charge in [0.25, 0.3) is 0 Å². The van der Waals surface area contributed by atoms with Gasteiger partial charge in [-0.05, 0) is 48.9 Å². The molecule has 0 unspecified atom stereocenters. The highest BCUT2D eigenvalue weighted by Gasteiger charge is 2.22. The Balaban J connectivity index is 1.66. The van der Waals surface area contributed by atoms with Crippen LogP contribution in [-0.4, -0.2) is 37.0 Å². The van der Waals surface area contributed by atoms with Gasteiger partial charge in [-0.25, -0.2) is 13.4 Å². The molecule has 9 heteroatoms. The van der Waals surface area contributed by atoms with Gasteiger partial charge in [-0.3, -0.25) is 4.79 Å². The number of benzene rings is 2. The molecule has 0 spiro atoms. The molecular weight excluding hydrogens is 428 g/mol. The van der Waals surface area contributed by atoms with Crippen LogP contribution in [0.25, 0.3) is 0 Å². The fraction of sp³-hybridized carbons (Fsp3) is 0.304. The molecule has 2 aromatic carbocycles. The summed E-state index contributed by atoms with van der Waals surface area (Å²) in [7, 11) is -2.35. The molecule has 1 aromatic heterocycles. The van der Waals surface area contributed by atoms with Crippen LogP contribution in [0.1, 0.15) is 38.1 Å². The van der Waals surface area contributed by atoms with E-state index in [4.69, 9.17) is 4.74 Å². The SMILES string of the molecule is COc1ccc(S(=O)(=O)N[C@@H](C)C(=O)Nc2cccc(Cn3ccnc3C(C)C)c2)cc1. The number of hydrogen-bond donors (Lipinski definition) is 2. The molecule has 0 aliphatic rings. The Bertz CT molecular complexity index is 1170. The van der Waals surface area contributed by atoms with Crippen molar-refractivity contribution in [2.45, 2.75) is 44.2 Å². The van der Waals surface area contributed by atoms with E-state index in [0.717, 1.165) is 11.4 Å². The molecule has 0 fully saturated rings. The Kier molecular flexibility index (Phi) is 7.32. The Hall–Kier alpha value is -3.17. The fourth-order valence-corrected chi connectivity index (χ4v) is 4.46. The van der Waals surface area contributed by atoms with Crippen molar-refractivity contribution >= 4 is 21.6 Å². The number of methoxy groups -OCH3 is 1. The molecule has 1 amide bonds. The fourth-order valence-electron chi connectivity index (χ4n) is 3.26. The van der Waals surface area contributed by atoms with Crippen molar-refractivity contribution in [3.05, 3.63) is 72.3 Å². The molecule has 0 bridgehead atoms. The van der Waals surface area contributed by atoms with Gasteiger partial charge >= 0.3 is 0 Å². The topological polar surface area (TPSA) is 102 Å². The zero-order valence-corrected chi connectivity index (χ0v) is 19.4. The molecular formula is C23H28N4O4S. The first-order chi connectivity index (χ1) is 15.2. The number of anilines is 1. The first kappa shape index (κ1) is 23.5. The lowest BCUT2D eigenvalue weighted by Crippen LogP contribution is -2.41. The molecule has 0 aliphatic heterocycles. The van der Waals surface area contributed by atoms with E-state index in [1.807, 2.05) is 24.4 Å². The lowest BCUT2D eigenvalue weighted by Gasteiger charge is -2.16. The van der Waals surface area contributed by atoms with Crippen LogP contribution in [0, 0.1) is 0 Å². The van der Waals surface area contributed by atoms with Crippen LogP contribution in [0.2, 0.25) is 0 Å². The number of rotatable bonds is 9. The van der Waals surface area contributed by atoms with Gasteiger partial charge in [-0.2, -0.15) is 4.72 Å². The van der Waals surface area contributed by atoms with E-state index in [-0.39, 0.29) is 4.90 Å². The van der Waals surface area contributed by atoms with Gasteiger partial charge in [0.1, 0.15) is 11.6 Å². The van der Waals surface area contributed by atoms with E-state index >= 15 is 0 Å². The number of ether oxygens (including phenoxy) is 1. The maximum Gasteiger partial charge on any atom is 0.242 e. The first-order valence-corrected chi connectivity index (χ1v) is 11.7. The van der Waals surface area contributed by atoms with Crippen LogP contribution in [0.5, 0.6) is 5.75 Å². The first-order valence-electron chi connectivity index (χ1n) is 10.3. The molecule has 2 N–H and O–H groups in total. The second kappa shape index (κ2) is 9.97. The standard InChI is InChI=1S/C23H28N4O4S/c1-16(2)22-24-12-13-27(22)15-18-6-5-7-19(14-18)25-23(28)17(3)26-32(29,30)21-10-8-20(31-4)9-11-21/h5-14,16-17,26H,15H2,1-4H3,(H,25,28)/t17-/m0/s1. The summed E-state index contributed by atoms with van der Waals surface area (Å²) in [4.78, 5) is 17.1. The molecule has 170 valence electrons. The monoisotopic (exact) mass is 456 g/mol. The van der Waals surface area contributed by atoms with Crippen LogP contribution in [0.4, 0.5) is 5.69 Å². The summed E-state index contributed by atoms with van der Waals surface area (Å²) in [5, 5.41) is 2.78. The average Bonchev–Trinajstić information content (AvgIpc) is 3.22. The zero-order chi connectivity index (χ0) is 23.3. The van der Waals surface area contributed by atoms with Crippen LogP contribution in [0.15, 0.2) is 65.8 Å². The van der Waals surface area contributed by atoms with Gasteiger partial charge < -0.3 is 14.6 Å². The van der Waals surface area contributed by atoms with E-state index in [9.17, 15) is 13.2 Å². The Morgan fingerprint density at radius 3 is 2.50 bits per heavy atom. The highest BCUT2D eigenvalue weighted by Crippen LogP contribution is 2.18. The minimum absolute atomic E-state index is 0.0567. The van der Waals surface area contributed by atoms with Crippen molar-refractivity contribution in [3.8, 4) is 5.75 Å². The van der Waals surface area contributed by atoms with Gasteiger partial charge in [-0.1, -0.05) is 26.0 Å². The van der Waals surface area contributed by atoms with Crippen molar-refractivity contribution in [2.75, 3.05) is 12.4 Å². The minimum atomic E-state index is -3.85. The lowest BCUT2D eigenvalue weighted by molar-refractivity contribution is -0.117. The second-order valence-corrected chi connectivity index (χ2v) is 9.49. The molecule has 0 saturated carbocycles. The van der Waals surface area contributed by atoms with E-state index < -0.39 is 22.0 Å². The third-order valence-electron chi connectivity index (χ3n) is 4.91. The molecule has 1 heterocycles. The number of nitrogens with zero attached hydrogens (tertiary/aromatic N) is 2. The third-order valence-corrected chi connectivity index (χ3v) is 6.46. The third kappa shape index (κ3) is 5.74. The highest BCUT2D eigenvalue weighted by molar-refractivity contribution is 7.89. The van der Waals surface area contributed by atoms with Gasteiger partial charge in [-0.15, -0.1) is 0 Å². The number of nitrogens with one attached hydrogen (secondary N) is 2. The molecule has 32 heavy (non-hydrogen) atoms. The minimum Gasteiger partial charge on any atom is -0.497 e. The zero-order valence-electron chi connectivity index (χ0n) is 18.6.